The van der Waals surface area contributed by atoms with Gasteiger partial charge in [-0.25, -0.2) is 0 Å². The molecule has 0 saturated heterocycles. The topological polar surface area (TPSA) is 111 Å². The normalized spacial score (nSPS) is 10.7. The minimum Gasteiger partial charge on any atom is -0.272 e. The molecule has 0 unspecified atom stereocenters. The van der Waals surface area contributed by atoms with E-state index in [1.807, 2.05) is 12.1 Å². The summed E-state index contributed by atoms with van der Waals surface area (Å²) in [4.78, 5) is 21.0. The van der Waals surface area contributed by atoms with Crippen molar-refractivity contribution in [2.75, 3.05) is 5.43 Å². The highest BCUT2D eigenvalue weighted by atomic mass is 79.9. The van der Waals surface area contributed by atoms with Crippen molar-refractivity contribution in [3.05, 3.63) is 59.2 Å². The van der Waals surface area contributed by atoms with E-state index in [1.54, 1.807) is 0 Å². The van der Waals surface area contributed by atoms with Gasteiger partial charge >= 0.3 is 5.69 Å². The molecule has 2 aromatic rings. The molecule has 108 valence electrons. The lowest BCUT2D eigenvalue weighted by atomic mass is 10.2. The van der Waals surface area contributed by atoms with Crippen LogP contribution in [0.25, 0.3) is 0 Å². The van der Waals surface area contributed by atoms with Crippen molar-refractivity contribution in [3.63, 3.8) is 0 Å². The van der Waals surface area contributed by atoms with E-state index in [2.05, 4.69) is 26.5 Å². The van der Waals surface area contributed by atoms with Gasteiger partial charge in [0.25, 0.3) is 5.69 Å². The second kappa shape index (κ2) is 6.41. The Morgan fingerprint density at radius 3 is 2.52 bits per heavy atom. The number of rotatable bonds is 5. The number of hydrogen-bond donors (Lipinski definition) is 1. The number of nitro groups is 2. The summed E-state index contributed by atoms with van der Waals surface area (Å²) in [6, 6.07) is 6.98. The van der Waals surface area contributed by atoms with E-state index in [-0.39, 0.29) is 11.4 Å². The van der Waals surface area contributed by atoms with E-state index in [9.17, 15) is 20.2 Å². The van der Waals surface area contributed by atoms with Crippen LogP contribution in [0.1, 0.15) is 4.88 Å². The van der Waals surface area contributed by atoms with Crippen LogP contribution in [0.2, 0.25) is 0 Å². The van der Waals surface area contributed by atoms with Crippen molar-refractivity contribution in [1.82, 2.24) is 0 Å². The molecule has 0 aliphatic carbocycles. The first-order valence-electron chi connectivity index (χ1n) is 5.44. The van der Waals surface area contributed by atoms with Crippen LogP contribution < -0.4 is 5.43 Å². The number of nitrogens with zero attached hydrogens (tertiary/aromatic N) is 3. The zero-order valence-corrected chi connectivity index (χ0v) is 12.6. The van der Waals surface area contributed by atoms with Crippen LogP contribution in [-0.4, -0.2) is 16.1 Å². The molecular weight excluding hydrogens is 364 g/mol. The molecule has 0 amide bonds. The minimum absolute atomic E-state index is 0.0810. The van der Waals surface area contributed by atoms with Gasteiger partial charge in [-0.05, 0) is 34.1 Å². The number of hydrogen-bond acceptors (Lipinski definition) is 7. The fraction of sp³-hybridized carbons (Fsp3) is 0. The fourth-order valence-electron chi connectivity index (χ4n) is 1.44. The molecule has 2 rings (SSSR count). The molecule has 1 aromatic carbocycles. The molecular formula is C11H7BrN4O4S. The van der Waals surface area contributed by atoms with Crippen molar-refractivity contribution in [2.45, 2.75) is 0 Å². The molecule has 1 N–H and O–H groups in total. The van der Waals surface area contributed by atoms with Crippen molar-refractivity contribution in [3.8, 4) is 0 Å². The molecule has 0 aliphatic heterocycles. The van der Waals surface area contributed by atoms with E-state index in [0.29, 0.717) is 0 Å². The summed E-state index contributed by atoms with van der Waals surface area (Å²) in [6.07, 6.45) is 1.50. The van der Waals surface area contributed by atoms with Gasteiger partial charge in [0.2, 0.25) is 0 Å². The molecule has 0 radical (unpaired) electrons. The molecule has 21 heavy (non-hydrogen) atoms. The van der Waals surface area contributed by atoms with Crippen LogP contribution in [0, 0.1) is 20.2 Å². The first-order valence-corrected chi connectivity index (χ1v) is 7.05. The summed E-state index contributed by atoms with van der Waals surface area (Å²) in [5.41, 5.74) is 1.84. The van der Waals surface area contributed by atoms with E-state index >= 15 is 0 Å². The Morgan fingerprint density at radius 2 is 1.95 bits per heavy atom. The van der Waals surface area contributed by atoms with Gasteiger partial charge in [-0.15, -0.1) is 11.3 Å². The number of nitrogens with one attached hydrogen (secondary N) is 1. The average molecular weight is 371 g/mol. The Kier molecular flexibility index (Phi) is 4.60. The average Bonchev–Trinajstić information content (AvgIpc) is 2.84. The molecule has 1 heterocycles. The molecule has 1 aromatic heterocycles. The number of benzene rings is 1. The monoisotopic (exact) mass is 370 g/mol. The number of hydrazone groups is 1. The van der Waals surface area contributed by atoms with Gasteiger partial charge in [-0.2, -0.15) is 5.10 Å². The van der Waals surface area contributed by atoms with Gasteiger partial charge in [0.1, 0.15) is 5.69 Å². The van der Waals surface area contributed by atoms with Crippen LogP contribution in [-0.2, 0) is 0 Å². The Bertz CT molecular complexity index is 731. The van der Waals surface area contributed by atoms with Crippen LogP contribution in [0.15, 0.2) is 39.2 Å². The maximum absolute atomic E-state index is 10.9. The molecule has 0 bridgehead atoms. The third kappa shape index (κ3) is 3.83. The van der Waals surface area contributed by atoms with Crippen LogP contribution >= 0.6 is 27.3 Å². The number of thiophene rings is 1. The van der Waals surface area contributed by atoms with Gasteiger partial charge in [-0.3, -0.25) is 25.7 Å². The zero-order chi connectivity index (χ0) is 15.4. The Hall–Kier alpha value is -2.33. The van der Waals surface area contributed by atoms with Gasteiger partial charge in [0.15, 0.2) is 0 Å². The third-order valence-electron chi connectivity index (χ3n) is 2.36. The maximum atomic E-state index is 10.9. The van der Waals surface area contributed by atoms with Crippen molar-refractivity contribution in [2.24, 2.45) is 5.10 Å². The fourth-order valence-corrected chi connectivity index (χ4v) is 2.74. The van der Waals surface area contributed by atoms with Gasteiger partial charge in [0.05, 0.1) is 25.9 Å². The molecule has 0 aliphatic rings. The number of non-ortho nitro benzene ring substituents is 1. The second-order valence-corrected chi connectivity index (χ2v) is 6.22. The zero-order valence-electron chi connectivity index (χ0n) is 10.2. The number of halogens is 1. The highest BCUT2D eigenvalue weighted by molar-refractivity contribution is 9.11. The van der Waals surface area contributed by atoms with Crippen LogP contribution in [0.5, 0.6) is 0 Å². The van der Waals surface area contributed by atoms with E-state index in [0.717, 1.165) is 14.7 Å². The molecule has 10 heteroatoms. The van der Waals surface area contributed by atoms with E-state index in [1.165, 1.54) is 29.7 Å². The SMILES string of the molecule is O=[N+]([O-])c1ccc(N/N=C\c2ccc(Br)s2)c([N+](=O)[O-])c1. The summed E-state index contributed by atoms with van der Waals surface area (Å²) >= 11 is 4.75. The second-order valence-electron chi connectivity index (χ2n) is 3.73. The molecule has 0 atom stereocenters. The number of nitro benzene ring substituents is 2. The van der Waals surface area contributed by atoms with Gasteiger partial charge in [-0.1, -0.05) is 0 Å². The largest absolute Gasteiger partial charge is 0.301 e. The first-order chi connectivity index (χ1) is 9.97. The lowest BCUT2D eigenvalue weighted by Gasteiger charge is -2.01. The Balaban J connectivity index is 2.21. The summed E-state index contributed by atoms with van der Waals surface area (Å²) < 4.78 is 0.935. The molecule has 0 fully saturated rings. The van der Waals surface area contributed by atoms with Crippen LogP contribution in [0.3, 0.4) is 0 Å². The standard InChI is InChI=1S/C11H7BrN4O4S/c12-11-4-2-8(21-11)6-13-14-9-3-1-7(15(17)18)5-10(9)16(19)20/h1-6,14H/b13-6-. The predicted octanol–water partition coefficient (Wildman–Crippen LogP) is 3.77. The van der Waals surface area contributed by atoms with Crippen molar-refractivity contribution < 1.29 is 9.85 Å². The lowest BCUT2D eigenvalue weighted by molar-refractivity contribution is -0.393. The Labute approximate surface area is 130 Å². The molecule has 0 spiro atoms. The molecule has 0 saturated carbocycles. The van der Waals surface area contributed by atoms with Crippen molar-refractivity contribution >= 4 is 50.5 Å². The predicted molar refractivity (Wildman–Crippen MR) is 83.0 cm³/mol. The van der Waals surface area contributed by atoms with E-state index in [4.69, 9.17) is 0 Å². The van der Waals surface area contributed by atoms with E-state index < -0.39 is 15.5 Å². The summed E-state index contributed by atoms with van der Waals surface area (Å²) in [7, 11) is 0. The summed E-state index contributed by atoms with van der Waals surface area (Å²) in [5.74, 6) is 0. The smallest absolute Gasteiger partial charge is 0.272 e. The third-order valence-corrected chi connectivity index (χ3v) is 3.92. The van der Waals surface area contributed by atoms with Gasteiger partial charge < -0.3 is 0 Å². The maximum Gasteiger partial charge on any atom is 0.301 e. The summed E-state index contributed by atoms with van der Waals surface area (Å²) in [6.45, 7) is 0. The molecule has 8 nitrogen and oxygen atoms in total. The minimum atomic E-state index is -0.702. The Morgan fingerprint density at radius 1 is 1.19 bits per heavy atom. The first kappa shape index (κ1) is 15.1. The highest BCUT2D eigenvalue weighted by Crippen LogP contribution is 2.29. The van der Waals surface area contributed by atoms with Crippen molar-refractivity contribution in [1.29, 1.82) is 0 Å². The van der Waals surface area contributed by atoms with Crippen LogP contribution in [0.4, 0.5) is 17.1 Å². The lowest BCUT2D eigenvalue weighted by Crippen LogP contribution is -1.98. The number of anilines is 1. The summed E-state index contributed by atoms with van der Waals surface area (Å²) in [5, 5.41) is 25.4. The highest BCUT2D eigenvalue weighted by Gasteiger charge is 2.18. The van der Waals surface area contributed by atoms with Gasteiger partial charge in [0, 0.05) is 10.9 Å². The quantitative estimate of drug-likeness (QED) is 0.489.